The lowest BCUT2D eigenvalue weighted by Gasteiger charge is -2.23. The Bertz CT molecular complexity index is 948. The molecule has 2 aromatic rings. The van der Waals surface area contributed by atoms with Gasteiger partial charge in [0.2, 0.25) is 6.41 Å². The second kappa shape index (κ2) is 16.2. The molecule has 0 aliphatic heterocycles. The summed E-state index contributed by atoms with van der Waals surface area (Å²) in [5, 5.41) is 1.88. The van der Waals surface area contributed by atoms with Gasteiger partial charge < -0.3 is 10.1 Å². The zero-order valence-electron chi connectivity index (χ0n) is 20.9. The number of amides is 1. The van der Waals surface area contributed by atoms with Crippen LogP contribution in [0.4, 0.5) is 26.3 Å². The molecule has 1 amide bonds. The zero-order chi connectivity index (χ0) is 27.9. The van der Waals surface area contributed by atoms with E-state index in [0.29, 0.717) is 17.9 Å². The number of rotatable bonds is 12. The first kappa shape index (κ1) is 32.4. The first-order valence-corrected chi connectivity index (χ1v) is 12.6. The zero-order valence-corrected chi connectivity index (χ0v) is 21.7. The third-order valence-corrected chi connectivity index (χ3v) is 5.52. The molecule has 0 saturated carbocycles. The Labute approximate surface area is 218 Å². The van der Waals surface area contributed by atoms with Gasteiger partial charge in [0.25, 0.3) is 0 Å². The quantitative estimate of drug-likeness (QED) is 0.128. The Hall–Kier alpha value is -2.66. The molecule has 0 saturated heterocycles. The topological polar surface area (TPSA) is 50.4 Å². The minimum atomic E-state index is -4.50. The van der Waals surface area contributed by atoms with Gasteiger partial charge in [-0.05, 0) is 49.8 Å². The van der Waals surface area contributed by atoms with E-state index in [-0.39, 0.29) is 25.9 Å². The molecule has 0 unspecified atom stereocenters. The standard InChI is InChI=1S/C16H21F3N2OS.C10H11F3O/c1-11-4-6-13(7-5-11)14(12(2)9-21-23-3)8-15(20-10-22)16(17,18)19;11-10(12,13)7-4-8-14-9-5-2-1-3-6-9/h4-7,10,15,21H,8-9H2,1-3H3,(H,20,22);1-3,5-6H,4,7-8H2/b14-12-;/t15-;/m1./s1. The van der Waals surface area contributed by atoms with Crippen LogP contribution in [0.15, 0.2) is 60.2 Å². The van der Waals surface area contributed by atoms with Crippen molar-refractivity contribution in [2.75, 3.05) is 19.4 Å². The van der Waals surface area contributed by atoms with Gasteiger partial charge in [-0.25, -0.2) is 0 Å². The average Bonchev–Trinajstić information content (AvgIpc) is 2.83. The Morgan fingerprint density at radius 3 is 2.16 bits per heavy atom. The van der Waals surface area contributed by atoms with Crippen molar-refractivity contribution in [2.24, 2.45) is 0 Å². The molecule has 37 heavy (non-hydrogen) atoms. The first-order valence-electron chi connectivity index (χ1n) is 11.4. The van der Waals surface area contributed by atoms with E-state index >= 15 is 0 Å². The molecule has 0 radical (unpaired) electrons. The minimum Gasteiger partial charge on any atom is -0.494 e. The van der Waals surface area contributed by atoms with Crippen LogP contribution in [0.5, 0.6) is 5.75 Å². The molecule has 0 fully saturated rings. The molecule has 1 atom stereocenters. The molecule has 0 spiro atoms. The van der Waals surface area contributed by atoms with Crippen LogP contribution in [-0.2, 0) is 4.79 Å². The highest BCUT2D eigenvalue weighted by Gasteiger charge is 2.40. The molecule has 2 aromatic carbocycles. The number of hydrogen-bond acceptors (Lipinski definition) is 4. The van der Waals surface area contributed by atoms with E-state index in [1.54, 1.807) is 31.2 Å². The van der Waals surface area contributed by atoms with Crippen molar-refractivity contribution in [1.82, 2.24) is 10.0 Å². The van der Waals surface area contributed by atoms with E-state index in [9.17, 15) is 31.1 Å². The summed E-state index contributed by atoms with van der Waals surface area (Å²) in [7, 11) is 0. The molecule has 2 N–H and O–H groups in total. The van der Waals surface area contributed by atoms with Gasteiger partial charge >= 0.3 is 12.4 Å². The largest absolute Gasteiger partial charge is 0.494 e. The van der Waals surface area contributed by atoms with E-state index in [1.165, 1.54) is 11.9 Å². The van der Waals surface area contributed by atoms with E-state index in [4.69, 9.17) is 4.74 Å². The van der Waals surface area contributed by atoms with Gasteiger partial charge in [-0.3, -0.25) is 9.52 Å². The summed E-state index contributed by atoms with van der Waals surface area (Å²) in [4.78, 5) is 10.5. The van der Waals surface area contributed by atoms with Gasteiger partial charge in [-0.1, -0.05) is 65.5 Å². The molecule has 2 rings (SSSR count). The van der Waals surface area contributed by atoms with Gasteiger partial charge in [0.05, 0.1) is 6.61 Å². The number of nitrogens with one attached hydrogen (secondary N) is 2. The van der Waals surface area contributed by atoms with Crippen molar-refractivity contribution < 1.29 is 35.9 Å². The summed E-state index contributed by atoms with van der Waals surface area (Å²) in [6.07, 6.45) is -7.72. The van der Waals surface area contributed by atoms with Crippen LogP contribution < -0.4 is 14.8 Å². The Morgan fingerprint density at radius 1 is 1.03 bits per heavy atom. The first-order chi connectivity index (χ1) is 17.4. The number of hydrogen-bond donors (Lipinski definition) is 2. The Balaban J connectivity index is 0.000000417. The number of carbonyl (C=O) groups excluding carboxylic acids is 1. The van der Waals surface area contributed by atoms with Crippen molar-refractivity contribution in [3.05, 3.63) is 71.3 Å². The highest BCUT2D eigenvalue weighted by atomic mass is 32.2. The van der Waals surface area contributed by atoms with Crippen LogP contribution in [-0.4, -0.2) is 44.2 Å². The van der Waals surface area contributed by atoms with E-state index < -0.39 is 24.8 Å². The number of ether oxygens (including phenoxy) is 1. The van der Waals surface area contributed by atoms with Crippen molar-refractivity contribution in [2.45, 2.75) is 51.5 Å². The molecule has 11 heteroatoms. The van der Waals surface area contributed by atoms with Crippen LogP contribution in [0.3, 0.4) is 0 Å². The molecular formula is C26H32F6N2O2S. The molecule has 0 aliphatic rings. The number of carbonyl (C=O) groups is 1. The number of halogens is 6. The van der Waals surface area contributed by atoms with Crippen LogP contribution in [0, 0.1) is 6.92 Å². The van der Waals surface area contributed by atoms with Gasteiger partial charge in [0, 0.05) is 19.4 Å². The molecular weight excluding hydrogens is 518 g/mol. The predicted octanol–water partition coefficient (Wildman–Crippen LogP) is 7.11. The number of alkyl halides is 6. The average molecular weight is 551 g/mol. The summed E-state index contributed by atoms with van der Waals surface area (Å²) in [5.74, 6) is 0.606. The summed E-state index contributed by atoms with van der Waals surface area (Å²) in [6.45, 7) is 4.29. The SMILES string of the molecule is CSNC/C(C)=C(/C[C@@H](NC=O)C(F)(F)F)c1ccc(C)cc1.FC(F)(F)CCCOc1ccccc1. The summed E-state index contributed by atoms with van der Waals surface area (Å²) in [6, 6.07) is 14.2. The molecule has 0 aliphatic carbocycles. The van der Waals surface area contributed by atoms with Gasteiger partial charge in [-0.15, -0.1) is 0 Å². The monoisotopic (exact) mass is 550 g/mol. The second-order valence-electron chi connectivity index (χ2n) is 8.11. The normalized spacial score (nSPS) is 13.1. The highest BCUT2D eigenvalue weighted by Crippen LogP contribution is 2.31. The lowest BCUT2D eigenvalue weighted by Crippen LogP contribution is -2.41. The van der Waals surface area contributed by atoms with Crippen LogP contribution in [0.25, 0.3) is 5.57 Å². The van der Waals surface area contributed by atoms with E-state index in [0.717, 1.165) is 16.7 Å². The van der Waals surface area contributed by atoms with E-state index in [1.807, 2.05) is 48.8 Å². The van der Waals surface area contributed by atoms with Gasteiger partial charge in [-0.2, -0.15) is 26.3 Å². The number of aryl methyl sites for hydroxylation is 1. The summed E-state index contributed by atoms with van der Waals surface area (Å²) < 4.78 is 82.6. The fourth-order valence-electron chi connectivity index (χ4n) is 3.12. The van der Waals surface area contributed by atoms with Gasteiger partial charge in [0.1, 0.15) is 11.8 Å². The fourth-order valence-corrected chi connectivity index (χ4v) is 3.48. The maximum Gasteiger partial charge on any atom is 0.408 e. The number of benzene rings is 2. The van der Waals surface area contributed by atoms with Crippen LogP contribution in [0.1, 0.15) is 37.3 Å². The lowest BCUT2D eigenvalue weighted by atomic mass is 9.93. The summed E-state index contributed by atoms with van der Waals surface area (Å²) >= 11 is 1.40. The van der Waals surface area contributed by atoms with Crippen molar-refractivity contribution in [1.29, 1.82) is 0 Å². The van der Waals surface area contributed by atoms with E-state index in [2.05, 4.69) is 4.72 Å². The molecule has 0 bridgehead atoms. The molecule has 4 nitrogen and oxygen atoms in total. The van der Waals surface area contributed by atoms with Crippen molar-refractivity contribution in [3.8, 4) is 5.75 Å². The number of para-hydroxylation sites is 1. The maximum atomic E-state index is 13.1. The second-order valence-corrected chi connectivity index (χ2v) is 8.81. The summed E-state index contributed by atoms with van der Waals surface area (Å²) in [5.41, 5.74) is 3.16. The predicted molar refractivity (Wildman–Crippen MR) is 136 cm³/mol. The smallest absolute Gasteiger partial charge is 0.408 e. The third-order valence-electron chi connectivity index (χ3n) is 5.09. The van der Waals surface area contributed by atoms with Crippen molar-refractivity contribution >= 4 is 23.9 Å². The molecule has 0 aromatic heterocycles. The highest BCUT2D eigenvalue weighted by molar-refractivity contribution is 7.96. The maximum absolute atomic E-state index is 13.1. The van der Waals surface area contributed by atoms with Crippen LogP contribution in [0.2, 0.25) is 0 Å². The van der Waals surface area contributed by atoms with Crippen molar-refractivity contribution in [3.63, 3.8) is 0 Å². The van der Waals surface area contributed by atoms with Gasteiger partial charge in [0.15, 0.2) is 0 Å². The molecule has 0 heterocycles. The Kier molecular flexibility index (Phi) is 14.2. The minimum absolute atomic E-state index is 0.00159. The third kappa shape index (κ3) is 14.0. The lowest BCUT2D eigenvalue weighted by molar-refractivity contribution is -0.157. The molecule has 206 valence electrons. The fraction of sp³-hybridized carbons (Fsp3) is 0.423. The Morgan fingerprint density at radius 2 is 1.65 bits per heavy atom. The van der Waals surface area contributed by atoms with Crippen LogP contribution >= 0.6 is 11.9 Å².